The van der Waals surface area contributed by atoms with E-state index in [4.69, 9.17) is 4.74 Å². The predicted molar refractivity (Wildman–Crippen MR) is 82.8 cm³/mol. The molecule has 0 aliphatic rings. The molecule has 0 aliphatic heterocycles. The number of nitrogens with zero attached hydrogens (tertiary/aromatic N) is 3. The van der Waals surface area contributed by atoms with Gasteiger partial charge in [-0.25, -0.2) is 9.50 Å². The number of hydrogen-bond donors (Lipinski definition) is 1. The SMILES string of the molecule is COc1ccc(C)cc1NCc1cnc2cc(C)nn2c1. The Labute approximate surface area is 123 Å². The Bertz CT molecular complexity index is 779. The molecule has 0 fully saturated rings. The maximum absolute atomic E-state index is 5.37. The third-order valence-electron chi connectivity index (χ3n) is 3.33. The molecule has 0 spiro atoms. The molecule has 0 saturated heterocycles. The van der Waals surface area contributed by atoms with Gasteiger partial charge in [-0.2, -0.15) is 5.10 Å². The van der Waals surface area contributed by atoms with E-state index in [2.05, 4.69) is 28.4 Å². The molecule has 3 aromatic rings. The number of methoxy groups -OCH3 is 1. The van der Waals surface area contributed by atoms with E-state index in [1.807, 2.05) is 37.5 Å². The van der Waals surface area contributed by atoms with Gasteiger partial charge in [-0.1, -0.05) is 6.07 Å². The number of rotatable bonds is 4. The van der Waals surface area contributed by atoms with Crippen molar-refractivity contribution in [2.45, 2.75) is 20.4 Å². The summed E-state index contributed by atoms with van der Waals surface area (Å²) in [7, 11) is 1.68. The van der Waals surface area contributed by atoms with Gasteiger partial charge in [-0.3, -0.25) is 0 Å². The molecule has 5 heteroatoms. The van der Waals surface area contributed by atoms with Gasteiger partial charge in [0.25, 0.3) is 0 Å². The number of ether oxygens (including phenoxy) is 1. The minimum Gasteiger partial charge on any atom is -0.495 e. The van der Waals surface area contributed by atoms with Gasteiger partial charge >= 0.3 is 0 Å². The van der Waals surface area contributed by atoms with E-state index in [-0.39, 0.29) is 0 Å². The second-order valence-electron chi connectivity index (χ2n) is 5.11. The van der Waals surface area contributed by atoms with Crippen molar-refractivity contribution >= 4 is 11.3 Å². The van der Waals surface area contributed by atoms with E-state index in [1.165, 1.54) is 5.56 Å². The number of fused-ring (bicyclic) bond motifs is 1. The first kappa shape index (κ1) is 13.4. The Balaban J connectivity index is 1.81. The fourth-order valence-corrected chi connectivity index (χ4v) is 2.28. The lowest BCUT2D eigenvalue weighted by molar-refractivity contribution is 0.416. The maximum Gasteiger partial charge on any atom is 0.155 e. The molecule has 0 saturated carbocycles. The van der Waals surface area contributed by atoms with Gasteiger partial charge in [0.2, 0.25) is 0 Å². The van der Waals surface area contributed by atoms with Crippen molar-refractivity contribution in [2.75, 3.05) is 12.4 Å². The van der Waals surface area contributed by atoms with Crippen LogP contribution in [0.4, 0.5) is 5.69 Å². The Hall–Kier alpha value is -2.56. The second kappa shape index (κ2) is 5.44. The molecule has 0 radical (unpaired) electrons. The van der Waals surface area contributed by atoms with Gasteiger partial charge in [-0.15, -0.1) is 0 Å². The molecule has 1 aromatic carbocycles. The number of anilines is 1. The number of aryl methyl sites for hydroxylation is 2. The molecule has 5 nitrogen and oxygen atoms in total. The summed E-state index contributed by atoms with van der Waals surface area (Å²) in [6, 6.07) is 8.03. The van der Waals surface area contributed by atoms with Crippen molar-refractivity contribution in [3.8, 4) is 5.75 Å². The zero-order valence-corrected chi connectivity index (χ0v) is 12.4. The summed E-state index contributed by atoms with van der Waals surface area (Å²) < 4.78 is 7.17. The number of benzene rings is 1. The molecular weight excluding hydrogens is 264 g/mol. The van der Waals surface area contributed by atoms with Crippen molar-refractivity contribution in [2.24, 2.45) is 0 Å². The van der Waals surface area contributed by atoms with Gasteiger partial charge in [0, 0.05) is 30.6 Å². The van der Waals surface area contributed by atoms with E-state index >= 15 is 0 Å². The minimum absolute atomic E-state index is 0.668. The zero-order valence-electron chi connectivity index (χ0n) is 12.4. The van der Waals surface area contributed by atoms with E-state index in [1.54, 1.807) is 11.6 Å². The van der Waals surface area contributed by atoms with Gasteiger partial charge in [0.1, 0.15) is 5.75 Å². The fraction of sp³-hybridized carbons (Fsp3) is 0.250. The first-order chi connectivity index (χ1) is 10.2. The van der Waals surface area contributed by atoms with Gasteiger partial charge in [-0.05, 0) is 31.5 Å². The largest absolute Gasteiger partial charge is 0.495 e. The van der Waals surface area contributed by atoms with Crippen LogP contribution in [0.25, 0.3) is 5.65 Å². The molecule has 108 valence electrons. The molecule has 2 heterocycles. The van der Waals surface area contributed by atoms with Crippen molar-refractivity contribution in [1.82, 2.24) is 14.6 Å². The van der Waals surface area contributed by atoms with E-state index in [0.29, 0.717) is 6.54 Å². The predicted octanol–water partition coefficient (Wildman–Crippen LogP) is 2.97. The topological polar surface area (TPSA) is 51.5 Å². The molecule has 2 aromatic heterocycles. The van der Waals surface area contributed by atoms with E-state index in [9.17, 15) is 0 Å². The molecule has 3 rings (SSSR count). The molecule has 0 bridgehead atoms. The molecule has 0 aliphatic carbocycles. The van der Waals surface area contributed by atoms with Crippen LogP contribution in [0.5, 0.6) is 5.75 Å². The van der Waals surface area contributed by atoms with Crippen LogP contribution in [0, 0.1) is 13.8 Å². The smallest absolute Gasteiger partial charge is 0.155 e. The van der Waals surface area contributed by atoms with Crippen LogP contribution in [0.15, 0.2) is 36.7 Å². The maximum atomic E-state index is 5.37. The van der Waals surface area contributed by atoms with Crippen molar-refractivity contribution in [1.29, 1.82) is 0 Å². The first-order valence-electron chi connectivity index (χ1n) is 6.85. The van der Waals surface area contributed by atoms with Crippen molar-refractivity contribution in [3.63, 3.8) is 0 Å². The third kappa shape index (κ3) is 2.81. The molecule has 0 unspecified atom stereocenters. The second-order valence-corrected chi connectivity index (χ2v) is 5.11. The highest BCUT2D eigenvalue weighted by atomic mass is 16.5. The van der Waals surface area contributed by atoms with Crippen molar-refractivity contribution in [3.05, 3.63) is 53.5 Å². The average molecular weight is 282 g/mol. The van der Waals surface area contributed by atoms with Crippen LogP contribution < -0.4 is 10.1 Å². The zero-order chi connectivity index (χ0) is 14.8. The first-order valence-corrected chi connectivity index (χ1v) is 6.85. The summed E-state index contributed by atoms with van der Waals surface area (Å²) in [6.45, 7) is 4.69. The summed E-state index contributed by atoms with van der Waals surface area (Å²) in [6.07, 6.45) is 3.86. The number of aromatic nitrogens is 3. The van der Waals surface area contributed by atoms with Gasteiger partial charge in [0.15, 0.2) is 5.65 Å². The molecule has 21 heavy (non-hydrogen) atoms. The van der Waals surface area contributed by atoms with Crippen molar-refractivity contribution < 1.29 is 4.74 Å². The third-order valence-corrected chi connectivity index (χ3v) is 3.33. The Morgan fingerprint density at radius 2 is 2.10 bits per heavy atom. The van der Waals surface area contributed by atoms with Gasteiger partial charge < -0.3 is 10.1 Å². The summed E-state index contributed by atoms with van der Waals surface area (Å²) in [4.78, 5) is 4.40. The van der Waals surface area contributed by atoms with E-state index < -0.39 is 0 Å². The van der Waals surface area contributed by atoms with E-state index in [0.717, 1.165) is 28.3 Å². The summed E-state index contributed by atoms with van der Waals surface area (Å²) in [5.74, 6) is 0.838. The lowest BCUT2D eigenvalue weighted by Crippen LogP contribution is -2.04. The highest BCUT2D eigenvalue weighted by Crippen LogP contribution is 2.25. The Morgan fingerprint density at radius 1 is 1.24 bits per heavy atom. The van der Waals surface area contributed by atoms with Crippen LogP contribution >= 0.6 is 0 Å². The highest BCUT2D eigenvalue weighted by molar-refractivity contribution is 5.58. The molecule has 0 atom stereocenters. The molecule has 1 N–H and O–H groups in total. The Morgan fingerprint density at radius 3 is 2.90 bits per heavy atom. The minimum atomic E-state index is 0.668. The average Bonchev–Trinajstić information content (AvgIpc) is 2.84. The summed E-state index contributed by atoms with van der Waals surface area (Å²) in [5.41, 5.74) is 5.07. The summed E-state index contributed by atoms with van der Waals surface area (Å²) in [5, 5.41) is 7.77. The standard InChI is InChI=1S/C16H18N4O/c1-11-4-5-15(21-3)14(6-11)17-8-13-9-18-16-7-12(2)19-20(16)10-13/h4-7,9-10,17H,8H2,1-3H3. The lowest BCUT2D eigenvalue weighted by atomic mass is 10.2. The quantitative estimate of drug-likeness (QED) is 0.799. The van der Waals surface area contributed by atoms with Crippen LogP contribution in [-0.4, -0.2) is 21.7 Å². The summed E-state index contributed by atoms with van der Waals surface area (Å²) >= 11 is 0. The van der Waals surface area contributed by atoms with Crippen LogP contribution in [0.1, 0.15) is 16.8 Å². The normalized spacial score (nSPS) is 10.8. The number of hydrogen-bond acceptors (Lipinski definition) is 4. The van der Waals surface area contributed by atoms with Crippen LogP contribution in [0.3, 0.4) is 0 Å². The number of nitrogens with one attached hydrogen (secondary N) is 1. The fourth-order valence-electron chi connectivity index (χ4n) is 2.28. The Kier molecular flexibility index (Phi) is 3.48. The van der Waals surface area contributed by atoms with Crippen LogP contribution in [-0.2, 0) is 6.54 Å². The highest BCUT2D eigenvalue weighted by Gasteiger charge is 2.04. The van der Waals surface area contributed by atoms with Gasteiger partial charge in [0.05, 0.1) is 18.5 Å². The van der Waals surface area contributed by atoms with Crippen LogP contribution in [0.2, 0.25) is 0 Å². The lowest BCUT2D eigenvalue weighted by Gasteiger charge is -2.12. The molecule has 0 amide bonds. The monoisotopic (exact) mass is 282 g/mol. The molecular formula is C16H18N4O.